The second-order valence-corrected chi connectivity index (χ2v) is 6.98. The van der Waals surface area contributed by atoms with Crippen LogP contribution in [0.25, 0.3) is 11.5 Å². The Morgan fingerprint density at radius 2 is 1.92 bits per heavy atom. The quantitative estimate of drug-likeness (QED) is 0.856. The Kier molecular flexibility index (Phi) is 4.53. The van der Waals surface area contributed by atoms with Gasteiger partial charge in [-0.1, -0.05) is 23.4 Å². The maximum atomic E-state index is 11.9. The molecule has 0 N–H and O–H groups in total. The second-order valence-electron chi connectivity index (χ2n) is 6.98. The van der Waals surface area contributed by atoms with E-state index in [-0.39, 0.29) is 5.91 Å². The third-order valence-corrected chi connectivity index (χ3v) is 5.40. The zero-order valence-electron chi connectivity index (χ0n) is 14.6. The Morgan fingerprint density at radius 3 is 2.72 bits per heavy atom. The minimum atomic E-state index is 0.195. The van der Waals surface area contributed by atoms with Crippen molar-refractivity contribution < 1.29 is 9.32 Å². The number of benzene rings is 1. The van der Waals surface area contributed by atoms with E-state index in [0.717, 1.165) is 50.2 Å². The predicted molar refractivity (Wildman–Crippen MR) is 93.6 cm³/mol. The SMILES string of the molecule is CC(=O)N1CCC[C@@H]1[C@H]1CCCN1Cc1noc(-c2ccccc2)n1. The average molecular weight is 340 g/mol. The smallest absolute Gasteiger partial charge is 0.257 e. The van der Waals surface area contributed by atoms with Crippen LogP contribution < -0.4 is 0 Å². The minimum Gasteiger partial charge on any atom is -0.338 e. The number of hydrogen-bond acceptors (Lipinski definition) is 5. The zero-order chi connectivity index (χ0) is 17.2. The highest BCUT2D eigenvalue weighted by Crippen LogP contribution is 2.31. The fraction of sp³-hybridized carbons (Fsp3) is 0.526. The Hall–Kier alpha value is -2.21. The van der Waals surface area contributed by atoms with Gasteiger partial charge < -0.3 is 9.42 Å². The Balaban J connectivity index is 1.47. The van der Waals surface area contributed by atoms with E-state index < -0.39 is 0 Å². The van der Waals surface area contributed by atoms with Crippen LogP contribution in [0.5, 0.6) is 0 Å². The molecule has 132 valence electrons. The van der Waals surface area contributed by atoms with Gasteiger partial charge in [0.25, 0.3) is 5.89 Å². The molecule has 0 spiro atoms. The maximum absolute atomic E-state index is 11.9. The summed E-state index contributed by atoms with van der Waals surface area (Å²) in [5.41, 5.74) is 0.942. The molecule has 2 aliphatic heterocycles. The van der Waals surface area contributed by atoms with Gasteiger partial charge >= 0.3 is 0 Å². The van der Waals surface area contributed by atoms with Crippen LogP contribution in [0.1, 0.15) is 38.4 Å². The van der Waals surface area contributed by atoms with Crippen molar-refractivity contribution >= 4 is 5.91 Å². The van der Waals surface area contributed by atoms with Gasteiger partial charge in [0.05, 0.1) is 6.54 Å². The summed E-state index contributed by atoms with van der Waals surface area (Å²) in [7, 11) is 0. The van der Waals surface area contributed by atoms with Gasteiger partial charge in [-0.15, -0.1) is 0 Å². The fourth-order valence-electron chi connectivity index (χ4n) is 4.27. The summed E-state index contributed by atoms with van der Waals surface area (Å²) in [6.45, 7) is 4.29. The molecule has 6 heteroatoms. The van der Waals surface area contributed by atoms with E-state index in [1.807, 2.05) is 30.3 Å². The van der Waals surface area contributed by atoms with Gasteiger partial charge in [0.1, 0.15) is 0 Å². The highest BCUT2D eigenvalue weighted by Gasteiger charge is 2.39. The highest BCUT2D eigenvalue weighted by molar-refractivity contribution is 5.74. The molecule has 1 aromatic heterocycles. The second kappa shape index (κ2) is 6.96. The molecule has 0 bridgehead atoms. The van der Waals surface area contributed by atoms with Crippen molar-refractivity contribution in [3.05, 3.63) is 36.2 Å². The van der Waals surface area contributed by atoms with Crippen molar-refractivity contribution in [2.24, 2.45) is 0 Å². The number of likely N-dealkylation sites (tertiary alicyclic amines) is 2. The van der Waals surface area contributed by atoms with Crippen LogP contribution in [0.15, 0.2) is 34.9 Å². The van der Waals surface area contributed by atoms with Gasteiger partial charge in [-0.25, -0.2) is 0 Å². The first-order valence-electron chi connectivity index (χ1n) is 9.11. The van der Waals surface area contributed by atoms with Crippen molar-refractivity contribution in [3.63, 3.8) is 0 Å². The molecule has 1 aromatic carbocycles. The molecule has 3 heterocycles. The molecule has 6 nitrogen and oxygen atoms in total. The van der Waals surface area contributed by atoms with E-state index in [4.69, 9.17) is 4.52 Å². The molecule has 25 heavy (non-hydrogen) atoms. The monoisotopic (exact) mass is 340 g/mol. The normalized spacial score (nSPS) is 24.1. The first kappa shape index (κ1) is 16.3. The van der Waals surface area contributed by atoms with Gasteiger partial charge in [0, 0.05) is 31.1 Å². The molecule has 4 rings (SSSR count). The molecule has 1 amide bonds. The third kappa shape index (κ3) is 3.31. The third-order valence-electron chi connectivity index (χ3n) is 5.40. The lowest BCUT2D eigenvalue weighted by atomic mass is 10.0. The fourth-order valence-corrected chi connectivity index (χ4v) is 4.27. The zero-order valence-corrected chi connectivity index (χ0v) is 14.6. The van der Waals surface area contributed by atoms with Crippen LogP contribution in [-0.2, 0) is 11.3 Å². The van der Waals surface area contributed by atoms with Crippen LogP contribution in [0.3, 0.4) is 0 Å². The summed E-state index contributed by atoms with van der Waals surface area (Å²) >= 11 is 0. The lowest BCUT2D eigenvalue weighted by Gasteiger charge is -2.34. The van der Waals surface area contributed by atoms with Crippen LogP contribution in [0.4, 0.5) is 0 Å². The number of hydrogen-bond donors (Lipinski definition) is 0. The Bertz CT molecular complexity index is 730. The summed E-state index contributed by atoms with van der Waals surface area (Å²) in [4.78, 5) is 20.9. The number of nitrogens with zero attached hydrogens (tertiary/aromatic N) is 4. The minimum absolute atomic E-state index is 0.195. The van der Waals surface area contributed by atoms with Gasteiger partial charge in [-0.05, 0) is 44.4 Å². The Morgan fingerprint density at radius 1 is 1.16 bits per heavy atom. The lowest BCUT2D eigenvalue weighted by molar-refractivity contribution is -0.130. The van der Waals surface area contributed by atoms with Gasteiger partial charge in [0.15, 0.2) is 5.82 Å². The van der Waals surface area contributed by atoms with Gasteiger partial charge in [-0.3, -0.25) is 9.69 Å². The first-order valence-corrected chi connectivity index (χ1v) is 9.11. The molecule has 2 aromatic rings. The van der Waals surface area contributed by atoms with E-state index >= 15 is 0 Å². The van der Waals surface area contributed by atoms with Gasteiger partial charge in [0.2, 0.25) is 5.91 Å². The predicted octanol–water partition coefficient (Wildman–Crippen LogP) is 2.71. The van der Waals surface area contributed by atoms with Crippen LogP contribution in [-0.4, -0.2) is 51.0 Å². The van der Waals surface area contributed by atoms with Crippen molar-refractivity contribution in [2.45, 2.75) is 51.2 Å². The summed E-state index contributed by atoms with van der Waals surface area (Å²) < 4.78 is 5.43. The van der Waals surface area contributed by atoms with Gasteiger partial charge in [-0.2, -0.15) is 4.98 Å². The van der Waals surface area contributed by atoms with E-state index in [1.54, 1.807) is 6.92 Å². The van der Waals surface area contributed by atoms with Crippen molar-refractivity contribution in [3.8, 4) is 11.5 Å². The average Bonchev–Trinajstić information content (AvgIpc) is 3.36. The number of rotatable bonds is 4. The molecule has 0 aliphatic carbocycles. The molecule has 0 unspecified atom stereocenters. The molecular weight excluding hydrogens is 316 g/mol. The summed E-state index contributed by atoms with van der Waals surface area (Å²) in [6.07, 6.45) is 4.51. The topological polar surface area (TPSA) is 62.5 Å². The van der Waals surface area contributed by atoms with Crippen molar-refractivity contribution in [1.29, 1.82) is 0 Å². The molecular formula is C19H24N4O2. The highest BCUT2D eigenvalue weighted by atomic mass is 16.5. The Labute approximate surface area is 147 Å². The van der Waals surface area contributed by atoms with E-state index in [9.17, 15) is 4.79 Å². The first-order chi connectivity index (χ1) is 12.2. The van der Waals surface area contributed by atoms with Crippen LogP contribution >= 0.6 is 0 Å². The molecule has 2 saturated heterocycles. The molecule has 0 radical (unpaired) electrons. The van der Waals surface area contributed by atoms with E-state index in [0.29, 0.717) is 24.5 Å². The van der Waals surface area contributed by atoms with E-state index in [2.05, 4.69) is 19.9 Å². The summed E-state index contributed by atoms with van der Waals surface area (Å²) in [5, 5.41) is 4.16. The van der Waals surface area contributed by atoms with Crippen LogP contribution in [0, 0.1) is 0 Å². The van der Waals surface area contributed by atoms with Crippen molar-refractivity contribution in [2.75, 3.05) is 13.1 Å². The number of amides is 1. The number of aromatic nitrogens is 2. The van der Waals surface area contributed by atoms with E-state index in [1.165, 1.54) is 0 Å². The number of carbonyl (C=O) groups excluding carboxylic acids is 1. The molecule has 2 fully saturated rings. The van der Waals surface area contributed by atoms with Crippen LogP contribution in [0.2, 0.25) is 0 Å². The summed E-state index contributed by atoms with van der Waals surface area (Å²) in [6, 6.07) is 10.6. The molecule has 2 aliphatic rings. The maximum Gasteiger partial charge on any atom is 0.257 e. The molecule has 2 atom stereocenters. The standard InChI is InChI=1S/C19H24N4O2/c1-14(24)23-12-6-10-17(23)16-9-5-11-22(16)13-18-20-19(25-21-18)15-7-3-2-4-8-15/h2-4,7-8,16-17H,5-6,9-13H2,1H3/t16-,17-/m1/s1. The largest absolute Gasteiger partial charge is 0.338 e. The number of carbonyl (C=O) groups is 1. The molecule has 0 saturated carbocycles. The van der Waals surface area contributed by atoms with Crippen molar-refractivity contribution in [1.82, 2.24) is 19.9 Å². The summed E-state index contributed by atoms with van der Waals surface area (Å²) in [5.74, 6) is 1.48. The lowest BCUT2D eigenvalue weighted by Crippen LogP contribution is -2.47.